The van der Waals surface area contributed by atoms with Crippen molar-refractivity contribution >= 4 is 27.3 Å². The number of piperidine rings is 1. The Balaban J connectivity index is 1.64. The van der Waals surface area contributed by atoms with Crippen LogP contribution in [-0.2, 0) is 21.2 Å². The molecule has 0 aliphatic carbocycles. The minimum atomic E-state index is -3.48. The van der Waals surface area contributed by atoms with Crippen LogP contribution in [0.25, 0.3) is 0 Å². The number of hydrogen-bond acceptors (Lipinski definition) is 4. The van der Waals surface area contributed by atoms with Crippen molar-refractivity contribution in [2.45, 2.75) is 32.6 Å². The van der Waals surface area contributed by atoms with E-state index in [1.807, 2.05) is 37.3 Å². The minimum absolute atomic E-state index is 0.00919. The molecule has 1 N–H and O–H groups in total. The predicted octanol–water partition coefficient (Wildman–Crippen LogP) is 3.50. The first-order valence-corrected chi connectivity index (χ1v) is 11.1. The first-order chi connectivity index (χ1) is 13.4. The second-order valence-electron chi connectivity index (χ2n) is 7.02. The van der Waals surface area contributed by atoms with E-state index in [1.54, 1.807) is 24.1 Å². The zero-order valence-electron chi connectivity index (χ0n) is 16.3. The van der Waals surface area contributed by atoms with Gasteiger partial charge in [-0.2, -0.15) is 0 Å². The van der Waals surface area contributed by atoms with Crippen molar-refractivity contribution in [3.05, 3.63) is 53.6 Å². The van der Waals surface area contributed by atoms with Gasteiger partial charge in [-0.15, -0.1) is 0 Å². The standard InChI is InChI=1S/C21H26N2O4S/c1-16-15-18(8-11-20(16)23-13-4-3-5-21(23)24)22-28(25,26)14-12-17-6-9-19(27-2)10-7-17/h6-11,15,22H,3-5,12-14H2,1-2H3. The minimum Gasteiger partial charge on any atom is -0.497 e. The molecule has 7 heteroatoms. The number of hydrogen-bond donors (Lipinski definition) is 1. The maximum Gasteiger partial charge on any atom is 0.233 e. The molecule has 1 amide bonds. The van der Waals surface area contributed by atoms with E-state index in [1.165, 1.54) is 0 Å². The van der Waals surface area contributed by atoms with Gasteiger partial charge < -0.3 is 9.64 Å². The van der Waals surface area contributed by atoms with Gasteiger partial charge in [-0.3, -0.25) is 9.52 Å². The van der Waals surface area contributed by atoms with E-state index in [-0.39, 0.29) is 11.7 Å². The highest BCUT2D eigenvalue weighted by Crippen LogP contribution is 2.27. The second-order valence-corrected chi connectivity index (χ2v) is 8.86. The maximum atomic E-state index is 12.4. The summed E-state index contributed by atoms with van der Waals surface area (Å²) in [6.45, 7) is 2.61. The summed E-state index contributed by atoms with van der Waals surface area (Å²) in [6, 6.07) is 12.7. The van der Waals surface area contributed by atoms with E-state index in [0.717, 1.165) is 35.4 Å². The number of sulfonamides is 1. The van der Waals surface area contributed by atoms with Gasteiger partial charge in [0.1, 0.15) is 5.75 Å². The predicted molar refractivity (Wildman–Crippen MR) is 111 cm³/mol. The van der Waals surface area contributed by atoms with Crippen LogP contribution in [0.4, 0.5) is 11.4 Å². The highest BCUT2D eigenvalue weighted by molar-refractivity contribution is 7.92. The summed E-state index contributed by atoms with van der Waals surface area (Å²) in [6.07, 6.45) is 2.91. The zero-order chi connectivity index (χ0) is 20.1. The third-order valence-electron chi connectivity index (χ3n) is 4.90. The molecule has 3 rings (SSSR count). The van der Waals surface area contributed by atoms with Crippen molar-refractivity contribution < 1.29 is 17.9 Å². The van der Waals surface area contributed by atoms with E-state index in [0.29, 0.717) is 25.1 Å². The first kappa shape index (κ1) is 20.2. The highest BCUT2D eigenvalue weighted by atomic mass is 32.2. The smallest absolute Gasteiger partial charge is 0.233 e. The molecule has 0 bridgehead atoms. The molecule has 0 saturated carbocycles. The van der Waals surface area contributed by atoms with Gasteiger partial charge in [0.15, 0.2) is 0 Å². The van der Waals surface area contributed by atoms with Gasteiger partial charge in [0.25, 0.3) is 0 Å². The molecule has 1 aliphatic rings. The summed E-state index contributed by atoms with van der Waals surface area (Å²) in [4.78, 5) is 13.9. The number of anilines is 2. The number of amides is 1. The number of carbonyl (C=O) groups excluding carboxylic acids is 1. The van der Waals surface area contributed by atoms with Gasteiger partial charge in [-0.05, 0) is 67.6 Å². The van der Waals surface area contributed by atoms with Crippen LogP contribution < -0.4 is 14.4 Å². The Morgan fingerprint density at radius 1 is 1.11 bits per heavy atom. The number of benzene rings is 2. The average Bonchev–Trinajstić information content (AvgIpc) is 2.67. The molecule has 1 heterocycles. The summed E-state index contributed by atoms with van der Waals surface area (Å²) in [5.74, 6) is 0.861. The first-order valence-electron chi connectivity index (χ1n) is 9.42. The second kappa shape index (κ2) is 8.65. The molecule has 0 atom stereocenters. The monoisotopic (exact) mass is 402 g/mol. The van der Waals surface area contributed by atoms with Gasteiger partial charge >= 0.3 is 0 Å². The van der Waals surface area contributed by atoms with E-state index in [4.69, 9.17) is 4.74 Å². The van der Waals surface area contributed by atoms with Gasteiger partial charge in [0.05, 0.1) is 12.9 Å². The topological polar surface area (TPSA) is 75.7 Å². The number of ether oxygens (including phenoxy) is 1. The Kier molecular flexibility index (Phi) is 6.24. The third kappa shape index (κ3) is 5.04. The molecule has 6 nitrogen and oxygen atoms in total. The SMILES string of the molecule is COc1ccc(CCS(=O)(=O)Nc2ccc(N3CCCCC3=O)c(C)c2)cc1. The number of rotatable bonds is 7. The Bertz CT molecular complexity index is 939. The Labute approximate surface area is 166 Å². The van der Waals surface area contributed by atoms with Crippen LogP contribution in [0, 0.1) is 6.92 Å². The summed E-state index contributed by atoms with van der Waals surface area (Å²) < 4.78 is 32.6. The van der Waals surface area contributed by atoms with Crippen molar-refractivity contribution in [2.75, 3.05) is 29.0 Å². The molecule has 2 aromatic carbocycles. The molecular weight excluding hydrogens is 376 g/mol. The number of methoxy groups -OCH3 is 1. The van der Waals surface area contributed by atoms with Gasteiger partial charge in [-0.1, -0.05) is 12.1 Å². The molecule has 0 unspecified atom stereocenters. The Morgan fingerprint density at radius 2 is 1.86 bits per heavy atom. The van der Waals surface area contributed by atoms with E-state index >= 15 is 0 Å². The van der Waals surface area contributed by atoms with Gasteiger partial charge in [0, 0.05) is 24.3 Å². The lowest BCUT2D eigenvalue weighted by atomic mass is 10.1. The fourth-order valence-corrected chi connectivity index (χ4v) is 4.45. The van der Waals surface area contributed by atoms with E-state index < -0.39 is 10.0 Å². The molecule has 2 aromatic rings. The molecule has 1 saturated heterocycles. The van der Waals surface area contributed by atoms with Crippen molar-refractivity contribution in [2.24, 2.45) is 0 Å². The summed E-state index contributed by atoms with van der Waals surface area (Å²) in [5.41, 5.74) is 3.18. The number of carbonyl (C=O) groups is 1. The lowest BCUT2D eigenvalue weighted by molar-refractivity contribution is -0.119. The van der Waals surface area contributed by atoms with E-state index in [2.05, 4.69) is 4.72 Å². The van der Waals surface area contributed by atoms with Gasteiger partial charge in [0.2, 0.25) is 15.9 Å². The van der Waals surface area contributed by atoms with Crippen LogP contribution >= 0.6 is 0 Å². The lowest BCUT2D eigenvalue weighted by Gasteiger charge is -2.28. The van der Waals surface area contributed by atoms with Crippen LogP contribution in [-0.4, -0.2) is 33.7 Å². The normalized spacial score (nSPS) is 14.8. The largest absolute Gasteiger partial charge is 0.497 e. The van der Waals surface area contributed by atoms with Crippen molar-refractivity contribution in [3.63, 3.8) is 0 Å². The van der Waals surface area contributed by atoms with Crippen LogP contribution in [0.2, 0.25) is 0 Å². The average molecular weight is 403 g/mol. The van der Waals surface area contributed by atoms with Crippen molar-refractivity contribution in [1.29, 1.82) is 0 Å². The molecule has 0 radical (unpaired) electrons. The summed E-state index contributed by atoms with van der Waals surface area (Å²) >= 11 is 0. The van der Waals surface area contributed by atoms with Crippen molar-refractivity contribution in [3.8, 4) is 5.75 Å². The molecule has 0 aromatic heterocycles. The van der Waals surface area contributed by atoms with Crippen LogP contribution in [0.1, 0.15) is 30.4 Å². The van der Waals surface area contributed by atoms with Crippen molar-refractivity contribution in [1.82, 2.24) is 0 Å². The number of nitrogens with zero attached hydrogens (tertiary/aromatic N) is 1. The molecule has 150 valence electrons. The summed E-state index contributed by atoms with van der Waals surface area (Å²) in [7, 11) is -1.88. The van der Waals surface area contributed by atoms with Crippen LogP contribution in [0.15, 0.2) is 42.5 Å². The lowest BCUT2D eigenvalue weighted by Crippen LogP contribution is -2.35. The van der Waals surface area contributed by atoms with Crippen LogP contribution in [0.3, 0.4) is 0 Å². The molecule has 0 spiro atoms. The summed E-state index contributed by atoms with van der Waals surface area (Å²) in [5, 5.41) is 0. The Morgan fingerprint density at radius 3 is 2.50 bits per heavy atom. The van der Waals surface area contributed by atoms with Gasteiger partial charge in [-0.25, -0.2) is 8.42 Å². The third-order valence-corrected chi connectivity index (χ3v) is 6.19. The highest BCUT2D eigenvalue weighted by Gasteiger charge is 2.21. The van der Waals surface area contributed by atoms with Crippen LogP contribution in [0.5, 0.6) is 5.75 Å². The molecule has 1 fully saturated rings. The fraction of sp³-hybridized carbons (Fsp3) is 0.381. The molecular formula is C21H26N2O4S. The fourth-order valence-electron chi connectivity index (χ4n) is 3.36. The Hall–Kier alpha value is -2.54. The number of aryl methyl sites for hydroxylation is 2. The van der Waals surface area contributed by atoms with E-state index in [9.17, 15) is 13.2 Å². The number of nitrogens with one attached hydrogen (secondary N) is 1. The molecule has 1 aliphatic heterocycles. The molecule has 28 heavy (non-hydrogen) atoms. The maximum absolute atomic E-state index is 12.4. The zero-order valence-corrected chi connectivity index (χ0v) is 17.1. The quantitative estimate of drug-likeness (QED) is 0.769.